The van der Waals surface area contributed by atoms with Gasteiger partial charge in [0, 0.05) is 33.4 Å². The van der Waals surface area contributed by atoms with Gasteiger partial charge in [0.2, 0.25) is 0 Å². The molecule has 1 rings (SSSR count). The first-order valence-corrected chi connectivity index (χ1v) is 6.03. The molecule has 0 aromatic carbocycles. The molecule has 106 valence electrons. The summed E-state index contributed by atoms with van der Waals surface area (Å²) in [6, 6.07) is 1.62. The maximum absolute atomic E-state index is 11.8. The van der Waals surface area contributed by atoms with Gasteiger partial charge in [-0.3, -0.25) is 4.79 Å². The Kier molecular flexibility index (Phi) is 6.76. The molecule has 1 heterocycles. The number of nitrogens with zero attached hydrogens (tertiary/aromatic N) is 2. The van der Waals surface area contributed by atoms with E-state index >= 15 is 0 Å². The number of ether oxygens (including phenoxy) is 2. The highest BCUT2D eigenvalue weighted by Gasteiger charge is 2.09. The lowest BCUT2D eigenvalue weighted by atomic mass is 10.3. The molecule has 0 aliphatic carbocycles. The minimum atomic E-state index is -0.239. The van der Waals surface area contributed by atoms with Gasteiger partial charge < -0.3 is 20.1 Å². The van der Waals surface area contributed by atoms with Crippen molar-refractivity contribution in [2.75, 3.05) is 45.8 Å². The second kappa shape index (κ2) is 8.39. The van der Waals surface area contributed by atoms with Gasteiger partial charge in [-0.25, -0.2) is 9.97 Å². The Morgan fingerprint density at radius 2 is 1.89 bits per heavy atom. The van der Waals surface area contributed by atoms with Crippen LogP contribution in [0.4, 0.5) is 5.82 Å². The summed E-state index contributed by atoms with van der Waals surface area (Å²) in [7, 11) is 3.21. The van der Waals surface area contributed by atoms with Gasteiger partial charge in [0.15, 0.2) is 0 Å². The SMILES string of the molecule is COCCNC(=O)c1cc(NCCOC)nc(C)n1. The lowest BCUT2D eigenvalue weighted by Crippen LogP contribution is -2.28. The number of aryl methyl sites for hydroxylation is 1. The van der Waals surface area contributed by atoms with Gasteiger partial charge >= 0.3 is 0 Å². The highest BCUT2D eigenvalue weighted by molar-refractivity contribution is 5.92. The van der Waals surface area contributed by atoms with Crippen molar-refractivity contribution in [2.24, 2.45) is 0 Å². The molecule has 1 aromatic heterocycles. The van der Waals surface area contributed by atoms with Crippen LogP contribution in [0.3, 0.4) is 0 Å². The lowest BCUT2D eigenvalue weighted by molar-refractivity contribution is 0.0932. The zero-order chi connectivity index (χ0) is 14.1. The summed E-state index contributed by atoms with van der Waals surface area (Å²) >= 11 is 0. The van der Waals surface area contributed by atoms with Gasteiger partial charge in [-0.05, 0) is 6.92 Å². The molecule has 0 aliphatic rings. The molecule has 19 heavy (non-hydrogen) atoms. The number of carbonyl (C=O) groups is 1. The molecule has 0 spiro atoms. The third-order valence-corrected chi connectivity index (χ3v) is 2.27. The van der Waals surface area contributed by atoms with E-state index in [1.165, 1.54) is 0 Å². The molecule has 0 saturated carbocycles. The van der Waals surface area contributed by atoms with Crippen LogP contribution >= 0.6 is 0 Å². The first-order chi connectivity index (χ1) is 9.17. The molecule has 7 nitrogen and oxygen atoms in total. The molecular formula is C12H20N4O3. The van der Waals surface area contributed by atoms with Gasteiger partial charge in [0.1, 0.15) is 17.3 Å². The van der Waals surface area contributed by atoms with Crippen LogP contribution in [0.5, 0.6) is 0 Å². The van der Waals surface area contributed by atoms with Crippen molar-refractivity contribution < 1.29 is 14.3 Å². The van der Waals surface area contributed by atoms with E-state index < -0.39 is 0 Å². The maximum Gasteiger partial charge on any atom is 0.270 e. The number of nitrogens with one attached hydrogen (secondary N) is 2. The molecule has 0 radical (unpaired) electrons. The second-order valence-corrected chi connectivity index (χ2v) is 3.85. The monoisotopic (exact) mass is 268 g/mol. The van der Waals surface area contributed by atoms with Gasteiger partial charge in [0.25, 0.3) is 5.91 Å². The van der Waals surface area contributed by atoms with E-state index in [1.807, 2.05) is 0 Å². The Morgan fingerprint density at radius 1 is 1.21 bits per heavy atom. The van der Waals surface area contributed by atoms with Gasteiger partial charge in [-0.2, -0.15) is 0 Å². The molecule has 0 bridgehead atoms. The largest absolute Gasteiger partial charge is 0.383 e. The molecule has 0 atom stereocenters. The average molecular weight is 268 g/mol. The minimum Gasteiger partial charge on any atom is -0.383 e. The number of anilines is 1. The van der Waals surface area contributed by atoms with Crippen LogP contribution in [-0.4, -0.2) is 56.4 Å². The Balaban J connectivity index is 2.64. The fourth-order valence-corrected chi connectivity index (χ4v) is 1.41. The molecule has 0 fully saturated rings. The predicted molar refractivity (Wildman–Crippen MR) is 71.3 cm³/mol. The summed E-state index contributed by atoms with van der Waals surface area (Å²) in [6.07, 6.45) is 0. The fraction of sp³-hybridized carbons (Fsp3) is 0.583. The Bertz CT molecular complexity index is 412. The third kappa shape index (κ3) is 5.62. The number of rotatable bonds is 8. The number of amides is 1. The van der Waals surface area contributed by atoms with E-state index in [-0.39, 0.29) is 5.91 Å². The molecule has 0 aliphatic heterocycles. The molecule has 1 amide bonds. The number of hydrogen-bond acceptors (Lipinski definition) is 6. The fourth-order valence-electron chi connectivity index (χ4n) is 1.41. The Morgan fingerprint density at radius 3 is 2.58 bits per heavy atom. The van der Waals surface area contributed by atoms with Crippen molar-refractivity contribution in [3.63, 3.8) is 0 Å². The van der Waals surface area contributed by atoms with Gasteiger partial charge in [0.05, 0.1) is 13.2 Å². The Labute approximate surface area is 112 Å². The summed E-state index contributed by atoms with van der Waals surface area (Å²) in [5.74, 6) is 0.915. The summed E-state index contributed by atoms with van der Waals surface area (Å²) in [5, 5.41) is 5.78. The van der Waals surface area contributed by atoms with Gasteiger partial charge in [-0.15, -0.1) is 0 Å². The maximum atomic E-state index is 11.8. The van der Waals surface area contributed by atoms with Crippen molar-refractivity contribution in [1.82, 2.24) is 15.3 Å². The Hall–Kier alpha value is -1.73. The first kappa shape index (κ1) is 15.3. The summed E-state index contributed by atoms with van der Waals surface area (Å²) < 4.78 is 9.81. The first-order valence-electron chi connectivity index (χ1n) is 6.03. The second-order valence-electron chi connectivity index (χ2n) is 3.85. The van der Waals surface area contributed by atoms with Crippen LogP contribution in [0, 0.1) is 6.92 Å². The van der Waals surface area contributed by atoms with E-state index in [0.29, 0.717) is 43.6 Å². The van der Waals surface area contributed by atoms with Crippen LogP contribution in [0.15, 0.2) is 6.07 Å². The van der Waals surface area contributed by atoms with E-state index in [1.54, 1.807) is 27.2 Å². The lowest BCUT2D eigenvalue weighted by Gasteiger charge is -2.08. The van der Waals surface area contributed by atoms with Crippen molar-refractivity contribution in [1.29, 1.82) is 0 Å². The van der Waals surface area contributed by atoms with Crippen molar-refractivity contribution in [3.8, 4) is 0 Å². The highest BCUT2D eigenvalue weighted by Crippen LogP contribution is 2.06. The normalized spacial score (nSPS) is 10.3. The quantitative estimate of drug-likeness (QED) is 0.656. The minimum absolute atomic E-state index is 0.239. The van der Waals surface area contributed by atoms with Crippen molar-refractivity contribution in [2.45, 2.75) is 6.92 Å². The van der Waals surface area contributed by atoms with Crippen LogP contribution in [-0.2, 0) is 9.47 Å². The van der Waals surface area contributed by atoms with Gasteiger partial charge in [-0.1, -0.05) is 0 Å². The van der Waals surface area contributed by atoms with E-state index in [4.69, 9.17) is 9.47 Å². The predicted octanol–water partition coefficient (Wildman–Crippen LogP) is 0.220. The molecule has 7 heteroatoms. The molecule has 2 N–H and O–H groups in total. The zero-order valence-electron chi connectivity index (χ0n) is 11.5. The van der Waals surface area contributed by atoms with Crippen molar-refractivity contribution in [3.05, 3.63) is 17.6 Å². The topological polar surface area (TPSA) is 85.4 Å². The number of methoxy groups -OCH3 is 2. The molecular weight excluding hydrogens is 248 g/mol. The average Bonchev–Trinajstić information content (AvgIpc) is 2.38. The number of carbonyl (C=O) groups excluding carboxylic acids is 1. The van der Waals surface area contributed by atoms with E-state index in [0.717, 1.165) is 0 Å². The van der Waals surface area contributed by atoms with E-state index in [2.05, 4.69) is 20.6 Å². The molecule has 1 aromatic rings. The van der Waals surface area contributed by atoms with Crippen LogP contribution in [0.25, 0.3) is 0 Å². The van der Waals surface area contributed by atoms with Crippen LogP contribution in [0.1, 0.15) is 16.3 Å². The molecule has 0 unspecified atom stereocenters. The summed E-state index contributed by atoms with van der Waals surface area (Å²) in [6.45, 7) is 3.85. The van der Waals surface area contributed by atoms with Crippen molar-refractivity contribution >= 4 is 11.7 Å². The summed E-state index contributed by atoms with van der Waals surface area (Å²) in [5.41, 5.74) is 0.337. The van der Waals surface area contributed by atoms with E-state index in [9.17, 15) is 4.79 Å². The summed E-state index contributed by atoms with van der Waals surface area (Å²) in [4.78, 5) is 20.2. The standard InChI is InChI=1S/C12H20N4O3/c1-9-15-10(12(17)14-5-7-19-3)8-11(16-9)13-4-6-18-2/h8H,4-7H2,1-3H3,(H,14,17)(H,13,15,16). The smallest absolute Gasteiger partial charge is 0.270 e. The number of hydrogen-bond donors (Lipinski definition) is 2. The number of aromatic nitrogens is 2. The van der Waals surface area contributed by atoms with Crippen LogP contribution in [0.2, 0.25) is 0 Å². The zero-order valence-corrected chi connectivity index (χ0v) is 11.5. The van der Waals surface area contributed by atoms with Crippen LogP contribution < -0.4 is 10.6 Å². The molecule has 0 saturated heterocycles. The highest BCUT2D eigenvalue weighted by atomic mass is 16.5. The third-order valence-electron chi connectivity index (χ3n) is 2.27.